The Balaban J connectivity index is 1.67. The predicted octanol–water partition coefficient (Wildman–Crippen LogP) is 3.17. The second kappa shape index (κ2) is 5.42. The Morgan fingerprint density at radius 3 is 2.45 bits per heavy atom. The number of ether oxygens (including phenoxy) is 1. The van der Waals surface area contributed by atoms with Crippen molar-refractivity contribution in [1.82, 2.24) is 4.90 Å². The molecule has 1 unspecified atom stereocenters. The minimum absolute atomic E-state index is 0.0799. The zero-order chi connectivity index (χ0) is 14.2. The molecule has 0 N–H and O–H groups in total. The lowest BCUT2D eigenvalue weighted by atomic mass is 9.69. The van der Waals surface area contributed by atoms with Gasteiger partial charge in [-0.3, -0.25) is 9.69 Å². The molecular weight excluding hydrogens is 250 g/mol. The molecule has 1 atom stereocenters. The largest absolute Gasteiger partial charge is 0.375 e. The Bertz CT molecular complexity index is 367. The van der Waals surface area contributed by atoms with E-state index in [-0.39, 0.29) is 17.1 Å². The molecule has 20 heavy (non-hydrogen) atoms. The molecule has 3 heteroatoms. The van der Waals surface area contributed by atoms with Crippen molar-refractivity contribution in [2.45, 2.75) is 76.4 Å². The lowest BCUT2D eigenvalue weighted by Gasteiger charge is -2.49. The van der Waals surface area contributed by atoms with Crippen LogP contribution in [0.2, 0.25) is 0 Å². The minimum Gasteiger partial charge on any atom is -0.375 e. The van der Waals surface area contributed by atoms with Crippen molar-refractivity contribution in [3.8, 4) is 0 Å². The summed E-state index contributed by atoms with van der Waals surface area (Å²) in [5.74, 6) is 0.690. The van der Waals surface area contributed by atoms with Crippen LogP contribution in [0.4, 0.5) is 0 Å². The molecule has 2 heterocycles. The molecule has 3 fully saturated rings. The smallest absolute Gasteiger partial charge is 0.155 e. The Kier molecular flexibility index (Phi) is 3.93. The quantitative estimate of drug-likeness (QED) is 0.794. The number of carbonyl (C=O) groups excluding carboxylic acids is 1. The molecule has 0 radical (unpaired) electrons. The van der Waals surface area contributed by atoms with Crippen LogP contribution in [0, 0.1) is 5.92 Å². The summed E-state index contributed by atoms with van der Waals surface area (Å²) in [7, 11) is 0. The van der Waals surface area contributed by atoms with Crippen molar-refractivity contribution < 1.29 is 9.53 Å². The fraction of sp³-hybridized carbons (Fsp3) is 0.941. The first-order valence-corrected chi connectivity index (χ1v) is 8.47. The van der Waals surface area contributed by atoms with Crippen molar-refractivity contribution in [3.63, 3.8) is 0 Å². The lowest BCUT2D eigenvalue weighted by molar-refractivity contribution is -0.162. The highest BCUT2D eigenvalue weighted by atomic mass is 16.5. The molecule has 114 valence electrons. The van der Waals surface area contributed by atoms with E-state index < -0.39 is 0 Å². The van der Waals surface area contributed by atoms with Gasteiger partial charge in [-0.1, -0.05) is 6.42 Å². The number of hydrogen-bond acceptors (Lipinski definition) is 3. The Morgan fingerprint density at radius 1 is 1.15 bits per heavy atom. The normalized spacial score (nSPS) is 31.0. The van der Waals surface area contributed by atoms with Crippen LogP contribution in [0.1, 0.15) is 65.2 Å². The Labute approximate surface area is 123 Å². The third-order valence-corrected chi connectivity index (χ3v) is 5.88. The van der Waals surface area contributed by atoms with Crippen molar-refractivity contribution in [3.05, 3.63) is 0 Å². The van der Waals surface area contributed by atoms with Gasteiger partial charge < -0.3 is 4.74 Å². The molecule has 0 aromatic rings. The zero-order valence-corrected chi connectivity index (χ0v) is 13.1. The summed E-state index contributed by atoms with van der Waals surface area (Å²) >= 11 is 0. The fourth-order valence-electron chi connectivity index (χ4n) is 4.28. The standard InChI is InChI=1S/C17H29NO2/c1-16(2,18-10-4-3-5-11-18)15(19)14-7-12-20-17(13-14)8-6-9-17/h14H,3-13H2,1-2H3. The van der Waals surface area contributed by atoms with Gasteiger partial charge in [0.15, 0.2) is 5.78 Å². The van der Waals surface area contributed by atoms with E-state index in [0.717, 1.165) is 32.5 Å². The van der Waals surface area contributed by atoms with Gasteiger partial charge in [0.25, 0.3) is 0 Å². The zero-order valence-electron chi connectivity index (χ0n) is 13.1. The number of ketones is 1. The molecule has 1 saturated carbocycles. The molecule has 1 spiro atoms. The van der Waals surface area contributed by atoms with E-state index in [1.54, 1.807) is 0 Å². The van der Waals surface area contributed by atoms with Crippen molar-refractivity contribution in [1.29, 1.82) is 0 Å². The molecule has 1 aliphatic carbocycles. The number of piperidine rings is 1. The first-order valence-electron chi connectivity index (χ1n) is 8.47. The van der Waals surface area contributed by atoms with Gasteiger partial charge in [0, 0.05) is 12.5 Å². The molecule has 3 rings (SSSR count). The van der Waals surface area contributed by atoms with Gasteiger partial charge in [-0.25, -0.2) is 0 Å². The molecule has 3 aliphatic rings. The SMILES string of the molecule is CC(C)(C(=O)C1CCOC2(CCC2)C1)N1CCCCC1. The van der Waals surface area contributed by atoms with Gasteiger partial charge in [-0.15, -0.1) is 0 Å². The monoisotopic (exact) mass is 279 g/mol. The summed E-state index contributed by atoms with van der Waals surface area (Å²) in [6.07, 6.45) is 9.32. The average molecular weight is 279 g/mol. The summed E-state index contributed by atoms with van der Waals surface area (Å²) in [6, 6.07) is 0. The van der Waals surface area contributed by atoms with Crippen LogP contribution in [0.3, 0.4) is 0 Å². The van der Waals surface area contributed by atoms with Crippen LogP contribution >= 0.6 is 0 Å². The number of carbonyl (C=O) groups is 1. The van der Waals surface area contributed by atoms with Crippen LogP contribution in [-0.4, -0.2) is 41.5 Å². The third-order valence-electron chi connectivity index (χ3n) is 5.88. The molecule has 0 amide bonds. The molecule has 3 nitrogen and oxygen atoms in total. The molecule has 0 bridgehead atoms. The second-order valence-electron chi connectivity index (χ2n) is 7.55. The van der Waals surface area contributed by atoms with Crippen LogP contribution in [-0.2, 0) is 9.53 Å². The minimum atomic E-state index is -0.284. The predicted molar refractivity (Wildman–Crippen MR) is 79.8 cm³/mol. The lowest BCUT2D eigenvalue weighted by Crippen LogP contribution is -2.56. The highest BCUT2D eigenvalue weighted by Gasteiger charge is 2.47. The number of nitrogens with zero attached hydrogens (tertiary/aromatic N) is 1. The van der Waals surface area contributed by atoms with Crippen LogP contribution in [0.5, 0.6) is 0 Å². The average Bonchev–Trinajstić information content (AvgIpc) is 2.46. The van der Waals surface area contributed by atoms with E-state index in [4.69, 9.17) is 4.74 Å². The fourth-order valence-corrected chi connectivity index (χ4v) is 4.28. The molecule has 0 aromatic heterocycles. The molecule has 2 aliphatic heterocycles. The number of hydrogen-bond donors (Lipinski definition) is 0. The Hall–Kier alpha value is -0.410. The van der Waals surface area contributed by atoms with Crippen molar-refractivity contribution >= 4 is 5.78 Å². The molecule has 2 saturated heterocycles. The third kappa shape index (κ3) is 2.55. The highest BCUT2D eigenvalue weighted by molar-refractivity contribution is 5.89. The van der Waals surface area contributed by atoms with Crippen LogP contribution < -0.4 is 0 Å². The maximum absolute atomic E-state index is 13.0. The summed E-state index contributed by atoms with van der Waals surface area (Å²) < 4.78 is 5.97. The first-order chi connectivity index (χ1) is 9.54. The van der Waals surface area contributed by atoms with E-state index in [1.807, 2.05) is 0 Å². The molecular formula is C17H29NO2. The Morgan fingerprint density at radius 2 is 1.85 bits per heavy atom. The van der Waals surface area contributed by atoms with E-state index in [9.17, 15) is 4.79 Å². The van der Waals surface area contributed by atoms with Crippen molar-refractivity contribution in [2.24, 2.45) is 5.92 Å². The first kappa shape index (κ1) is 14.5. The van der Waals surface area contributed by atoms with Gasteiger partial charge >= 0.3 is 0 Å². The molecule has 0 aromatic carbocycles. The van der Waals surface area contributed by atoms with E-state index in [2.05, 4.69) is 18.7 Å². The van der Waals surface area contributed by atoms with Gasteiger partial charge in [-0.2, -0.15) is 0 Å². The van der Waals surface area contributed by atoms with Gasteiger partial charge in [-0.05, 0) is 71.9 Å². The topological polar surface area (TPSA) is 29.5 Å². The number of likely N-dealkylation sites (tertiary alicyclic amines) is 1. The summed E-state index contributed by atoms with van der Waals surface area (Å²) in [5, 5.41) is 0. The summed E-state index contributed by atoms with van der Waals surface area (Å²) in [5.41, 5.74) is -0.204. The summed E-state index contributed by atoms with van der Waals surface area (Å²) in [6.45, 7) is 7.25. The van der Waals surface area contributed by atoms with Crippen LogP contribution in [0.15, 0.2) is 0 Å². The van der Waals surface area contributed by atoms with Crippen molar-refractivity contribution in [2.75, 3.05) is 19.7 Å². The van der Waals surface area contributed by atoms with E-state index in [0.29, 0.717) is 5.78 Å². The van der Waals surface area contributed by atoms with E-state index in [1.165, 1.54) is 38.5 Å². The van der Waals surface area contributed by atoms with Gasteiger partial charge in [0.1, 0.15) is 0 Å². The maximum Gasteiger partial charge on any atom is 0.155 e. The second-order valence-corrected chi connectivity index (χ2v) is 7.55. The number of Topliss-reactive ketones (excluding diaryl/α,β-unsaturated/α-hetero) is 1. The maximum atomic E-state index is 13.0. The van der Waals surface area contributed by atoms with Gasteiger partial charge in [0.05, 0.1) is 11.1 Å². The highest BCUT2D eigenvalue weighted by Crippen LogP contribution is 2.45. The number of rotatable bonds is 3. The van der Waals surface area contributed by atoms with Gasteiger partial charge in [0.2, 0.25) is 0 Å². The van der Waals surface area contributed by atoms with Crippen LogP contribution in [0.25, 0.3) is 0 Å². The summed E-state index contributed by atoms with van der Waals surface area (Å²) in [4.78, 5) is 15.5. The van der Waals surface area contributed by atoms with E-state index >= 15 is 0 Å².